The van der Waals surface area contributed by atoms with Crippen LogP contribution in [0.4, 0.5) is 4.79 Å². The van der Waals surface area contributed by atoms with E-state index < -0.39 is 23.3 Å². The van der Waals surface area contributed by atoms with Gasteiger partial charge in [0.05, 0.1) is 0 Å². The molecule has 0 saturated carbocycles. The highest BCUT2D eigenvalue weighted by Gasteiger charge is 2.19. The number of aryl methyl sites for hydroxylation is 1. The zero-order chi connectivity index (χ0) is 22.8. The van der Waals surface area contributed by atoms with Crippen LogP contribution >= 0.6 is 11.3 Å². The van der Waals surface area contributed by atoms with Gasteiger partial charge in [-0.25, -0.2) is 9.59 Å². The van der Waals surface area contributed by atoms with Crippen molar-refractivity contribution in [3.63, 3.8) is 0 Å². The predicted molar refractivity (Wildman–Crippen MR) is 121 cm³/mol. The van der Waals surface area contributed by atoms with E-state index >= 15 is 0 Å². The first-order valence-electron chi connectivity index (χ1n) is 10.1. The first-order valence-corrected chi connectivity index (χ1v) is 11.0. The third-order valence-corrected chi connectivity index (χ3v) is 5.74. The molecule has 0 spiro atoms. The summed E-state index contributed by atoms with van der Waals surface area (Å²) in [6, 6.07) is 5.24. The monoisotopic (exact) mass is 445 g/mol. The van der Waals surface area contributed by atoms with Crippen LogP contribution in [0.5, 0.6) is 5.75 Å². The van der Waals surface area contributed by atoms with Gasteiger partial charge in [0.1, 0.15) is 17.1 Å². The van der Waals surface area contributed by atoms with Crippen LogP contribution in [-0.4, -0.2) is 22.1 Å². The molecule has 0 aromatic carbocycles. The highest BCUT2D eigenvalue weighted by atomic mass is 32.1. The Morgan fingerprint density at radius 2 is 2.10 bits per heavy atom. The average molecular weight is 446 g/mol. The van der Waals surface area contributed by atoms with Crippen molar-refractivity contribution >= 4 is 29.3 Å². The molecule has 1 amide bonds. The van der Waals surface area contributed by atoms with Crippen LogP contribution in [0, 0.1) is 0 Å². The smallest absolute Gasteiger partial charge is 0.408 e. The van der Waals surface area contributed by atoms with E-state index in [1.807, 2.05) is 19.1 Å². The highest BCUT2D eigenvalue weighted by molar-refractivity contribution is 7.12. The van der Waals surface area contributed by atoms with E-state index in [2.05, 4.69) is 12.2 Å². The summed E-state index contributed by atoms with van der Waals surface area (Å²) in [6.45, 7) is 3.94. The minimum Gasteiger partial charge on any atom is -0.507 e. The largest absolute Gasteiger partial charge is 0.507 e. The Labute approximate surface area is 184 Å². The Morgan fingerprint density at radius 3 is 2.77 bits per heavy atom. The molecular formula is C23H27NO6S. The van der Waals surface area contributed by atoms with Crippen LogP contribution < -0.4 is 10.9 Å². The number of nitrogens with one attached hydrogen (secondary N) is 1. The third kappa shape index (κ3) is 7.57. The highest BCUT2D eigenvalue weighted by Crippen LogP contribution is 2.25. The SMILES string of the molecule is CCCCc1ccc(C=CC(=O)c2c(O)cc(C(C)CCC=CNC(=O)O)oc2=O)s1. The Morgan fingerprint density at radius 1 is 1.32 bits per heavy atom. The number of hydrogen-bond donors (Lipinski definition) is 3. The summed E-state index contributed by atoms with van der Waals surface area (Å²) in [5.41, 5.74) is -1.27. The summed E-state index contributed by atoms with van der Waals surface area (Å²) in [6.07, 6.45) is 9.04. The van der Waals surface area contributed by atoms with Gasteiger partial charge in [-0.3, -0.25) is 10.1 Å². The summed E-state index contributed by atoms with van der Waals surface area (Å²) in [7, 11) is 0. The molecule has 1 unspecified atom stereocenters. The molecule has 0 bridgehead atoms. The molecular weight excluding hydrogens is 418 g/mol. The minimum atomic E-state index is -1.15. The van der Waals surface area contributed by atoms with Crippen molar-refractivity contribution in [3.05, 3.63) is 68.0 Å². The maximum absolute atomic E-state index is 12.5. The second-order valence-electron chi connectivity index (χ2n) is 7.13. The van der Waals surface area contributed by atoms with E-state index in [0.29, 0.717) is 12.8 Å². The molecule has 7 nitrogen and oxygen atoms in total. The molecule has 0 radical (unpaired) electrons. The molecule has 1 atom stereocenters. The van der Waals surface area contributed by atoms with Crippen molar-refractivity contribution in [2.24, 2.45) is 0 Å². The van der Waals surface area contributed by atoms with Gasteiger partial charge < -0.3 is 14.6 Å². The Bertz CT molecular complexity index is 1020. The molecule has 0 aliphatic heterocycles. The van der Waals surface area contributed by atoms with E-state index in [1.165, 1.54) is 23.2 Å². The maximum atomic E-state index is 12.5. The van der Waals surface area contributed by atoms with Crippen molar-refractivity contribution in [2.75, 3.05) is 0 Å². The molecule has 166 valence electrons. The van der Waals surface area contributed by atoms with E-state index in [0.717, 1.165) is 24.1 Å². The Balaban J connectivity index is 2.04. The van der Waals surface area contributed by atoms with Gasteiger partial charge in [0.15, 0.2) is 5.78 Å². The maximum Gasteiger partial charge on any atom is 0.408 e. The van der Waals surface area contributed by atoms with Crippen LogP contribution in [0.2, 0.25) is 0 Å². The van der Waals surface area contributed by atoms with Gasteiger partial charge in [-0.2, -0.15) is 0 Å². The third-order valence-electron chi connectivity index (χ3n) is 4.63. The fourth-order valence-electron chi connectivity index (χ4n) is 2.88. The van der Waals surface area contributed by atoms with Gasteiger partial charge in [-0.1, -0.05) is 26.3 Å². The van der Waals surface area contributed by atoms with Gasteiger partial charge in [-0.05, 0) is 50.0 Å². The molecule has 0 saturated heterocycles. The van der Waals surface area contributed by atoms with E-state index in [4.69, 9.17) is 9.52 Å². The number of carboxylic acid groups (broad SMARTS) is 1. The van der Waals surface area contributed by atoms with Gasteiger partial charge in [-0.15, -0.1) is 11.3 Å². The summed E-state index contributed by atoms with van der Waals surface area (Å²) in [5, 5.41) is 20.9. The summed E-state index contributed by atoms with van der Waals surface area (Å²) in [4.78, 5) is 37.3. The minimum absolute atomic E-state index is 0.208. The van der Waals surface area contributed by atoms with Crippen molar-refractivity contribution in [3.8, 4) is 5.75 Å². The quantitative estimate of drug-likeness (QED) is 0.319. The lowest BCUT2D eigenvalue weighted by molar-refractivity contribution is 0.104. The molecule has 31 heavy (non-hydrogen) atoms. The Kier molecular flexibility index (Phi) is 9.27. The number of allylic oxidation sites excluding steroid dienone is 2. The lowest BCUT2D eigenvalue weighted by atomic mass is 10.0. The fourth-order valence-corrected chi connectivity index (χ4v) is 3.84. The summed E-state index contributed by atoms with van der Waals surface area (Å²) >= 11 is 1.59. The number of amides is 1. The molecule has 2 rings (SSSR count). The Hall–Kier alpha value is -3.13. The lowest BCUT2D eigenvalue weighted by Crippen LogP contribution is -2.14. The van der Waals surface area contributed by atoms with E-state index in [-0.39, 0.29) is 17.2 Å². The van der Waals surface area contributed by atoms with E-state index in [9.17, 15) is 19.5 Å². The summed E-state index contributed by atoms with van der Waals surface area (Å²) < 4.78 is 5.27. The zero-order valence-corrected chi connectivity index (χ0v) is 18.4. The van der Waals surface area contributed by atoms with Gasteiger partial charge in [0.25, 0.3) is 0 Å². The number of thiophene rings is 1. The number of unbranched alkanes of at least 4 members (excludes halogenated alkanes) is 1. The molecule has 0 aliphatic rings. The van der Waals surface area contributed by atoms with Crippen LogP contribution in [0.3, 0.4) is 0 Å². The van der Waals surface area contributed by atoms with E-state index in [1.54, 1.807) is 23.5 Å². The number of ketones is 1. The van der Waals surface area contributed by atoms with Gasteiger partial charge in [0, 0.05) is 27.9 Å². The van der Waals surface area contributed by atoms with Crippen molar-refractivity contribution < 1.29 is 24.2 Å². The summed E-state index contributed by atoms with van der Waals surface area (Å²) in [5.74, 6) is -0.968. The van der Waals surface area contributed by atoms with Crippen molar-refractivity contribution in [2.45, 2.75) is 51.9 Å². The van der Waals surface area contributed by atoms with Crippen LogP contribution in [0.15, 0.2) is 45.8 Å². The lowest BCUT2D eigenvalue weighted by Gasteiger charge is -2.10. The molecule has 2 aromatic heterocycles. The predicted octanol–water partition coefficient (Wildman–Crippen LogP) is 5.31. The molecule has 8 heteroatoms. The van der Waals surface area contributed by atoms with Crippen molar-refractivity contribution in [1.29, 1.82) is 0 Å². The molecule has 0 fully saturated rings. The van der Waals surface area contributed by atoms with Crippen molar-refractivity contribution in [1.82, 2.24) is 5.32 Å². The molecule has 0 aliphatic carbocycles. The van der Waals surface area contributed by atoms with Gasteiger partial charge in [0.2, 0.25) is 0 Å². The average Bonchev–Trinajstić information content (AvgIpc) is 3.17. The molecule has 2 aromatic rings. The first kappa shape index (κ1) is 24.1. The number of rotatable bonds is 11. The number of carbonyl (C=O) groups is 2. The fraction of sp³-hybridized carbons (Fsp3) is 0.348. The number of carbonyl (C=O) groups excluding carboxylic acids is 1. The first-order chi connectivity index (χ1) is 14.8. The topological polar surface area (TPSA) is 117 Å². The second-order valence-corrected chi connectivity index (χ2v) is 8.33. The molecule has 3 N–H and O–H groups in total. The second kappa shape index (κ2) is 11.9. The van der Waals surface area contributed by atoms with Crippen LogP contribution in [0.1, 0.15) is 71.3 Å². The van der Waals surface area contributed by atoms with Crippen LogP contribution in [0.25, 0.3) is 6.08 Å². The normalized spacial score (nSPS) is 12.5. The zero-order valence-electron chi connectivity index (χ0n) is 17.6. The van der Waals surface area contributed by atoms with Gasteiger partial charge >= 0.3 is 11.7 Å². The molecule has 2 heterocycles. The standard InChI is InChI=1S/C23H27NO6S/c1-3-4-8-16-9-10-17(31-16)11-12-18(25)21-19(26)14-20(30-22(21)27)15(2)7-5-6-13-24-23(28)29/h6,9-15,24,26H,3-5,7-8H2,1-2H3,(H,28,29). The number of hydrogen-bond acceptors (Lipinski definition) is 6. The van der Waals surface area contributed by atoms with Crippen LogP contribution in [-0.2, 0) is 6.42 Å². The number of aromatic hydroxyl groups is 1.